The zero-order chi connectivity index (χ0) is 22.1. The van der Waals surface area contributed by atoms with Crippen molar-refractivity contribution in [1.29, 1.82) is 0 Å². The van der Waals surface area contributed by atoms with Crippen LogP contribution in [0.2, 0.25) is 0 Å². The van der Waals surface area contributed by atoms with Crippen LogP contribution in [0, 0.1) is 5.92 Å². The van der Waals surface area contributed by atoms with Gasteiger partial charge in [-0.25, -0.2) is 4.68 Å². The summed E-state index contributed by atoms with van der Waals surface area (Å²) in [5.74, 6) is 1.14. The van der Waals surface area contributed by atoms with Gasteiger partial charge in [-0.15, -0.1) is 0 Å². The molecule has 3 heterocycles. The maximum atomic E-state index is 12.9. The van der Waals surface area contributed by atoms with E-state index in [1.54, 1.807) is 34.0 Å². The van der Waals surface area contributed by atoms with Crippen LogP contribution in [0.4, 0.5) is 11.5 Å². The van der Waals surface area contributed by atoms with E-state index >= 15 is 0 Å². The molecule has 2 aliphatic heterocycles. The molecule has 0 saturated carbocycles. The average molecular weight is 497 g/mol. The number of hydrogen-bond donors (Lipinski definition) is 1. The summed E-state index contributed by atoms with van der Waals surface area (Å²) in [5, 5.41) is 7.25. The van der Waals surface area contributed by atoms with Gasteiger partial charge in [0.25, 0.3) is 0 Å². The van der Waals surface area contributed by atoms with Gasteiger partial charge in [0.1, 0.15) is 19.0 Å². The van der Waals surface area contributed by atoms with Crippen molar-refractivity contribution in [2.75, 3.05) is 30.0 Å². The number of halogens is 1. The minimum Gasteiger partial charge on any atom is -0.486 e. The predicted octanol–water partition coefficient (Wildman–Crippen LogP) is 3.46. The Morgan fingerprint density at radius 2 is 1.88 bits per heavy atom. The molecule has 1 N–H and O–H groups in total. The summed E-state index contributed by atoms with van der Waals surface area (Å²) < 4.78 is 13.9. The monoisotopic (exact) mass is 496 g/mol. The maximum absolute atomic E-state index is 12.9. The van der Waals surface area contributed by atoms with Crippen LogP contribution in [0.25, 0.3) is 0 Å². The molecule has 1 aromatic heterocycles. The van der Waals surface area contributed by atoms with E-state index in [1.807, 2.05) is 30.3 Å². The fraction of sp³-hybridized carbons (Fsp3) is 0.261. The van der Waals surface area contributed by atoms with Crippen molar-refractivity contribution < 1.29 is 19.1 Å². The van der Waals surface area contributed by atoms with Crippen LogP contribution in [0.15, 0.2) is 59.2 Å². The molecule has 5 rings (SSSR count). The standard InChI is InChI=1S/C23H21BrN4O4/c24-17-3-1-15(2-4-17)13-28-21(7-8-25-28)26-23(30)16-11-22(29)27(14-16)18-5-6-19-20(12-18)32-10-9-31-19/h1-8,12,16H,9-11,13-14H2,(H,26,30)/t16-/m0/s1. The van der Waals surface area contributed by atoms with Crippen LogP contribution in [0.3, 0.4) is 0 Å². The van der Waals surface area contributed by atoms with Gasteiger partial charge < -0.3 is 19.7 Å². The largest absolute Gasteiger partial charge is 0.486 e. The van der Waals surface area contributed by atoms with E-state index in [4.69, 9.17) is 9.47 Å². The van der Waals surface area contributed by atoms with Gasteiger partial charge in [-0.2, -0.15) is 5.10 Å². The van der Waals surface area contributed by atoms with E-state index in [2.05, 4.69) is 26.3 Å². The fourth-order valence-electron chi connectivity index (χ4n) is 3.89. The number of nitrogens with zero attached hydrogens (tertiary/aromatic N) is 3. The lowest BCUT2D eigenvalue weighted by molar-refractivity contribution is -0.122. The maximum Gasteiger partial charge on any atom is 0.230 e. The van der Waals surface area contributed by atoms with Gasteiger partial charge in [-0.05, 0) is 29.8 Å². The van der Waals surface area contributed by atoms with Crippen molar-refractivity contribution in [3.8, 4) is 11.5 Å². The van der Waals surface area contributed by atoms with Gasteiger partial charge >= 0.3 is 0 Å². The summed E-state index contributed by atoms with van der Waals surface area (Å²) in [6.45, 7) is 1.83. The third-order valence-electron chi connectivity index (χ3n) is 5.55. The van der Waals surface area contributed by atoms with Crippen molar-refractivity contribution in [3.63, 3.8) is 0 Å². The van der Waals surface area contributed by atoms with Crippen LogP contribution in [-0.4, -0.2) is 41.4 Å². The molecule has 2 amide bonds. The third kappa shape index (κ3) is 4.20. The third-order valence-corrected chi connectivity index (χ3v) is 6.08. The van der Waals surface area contributed by atoms with E-state index in [0.717, 1.165) is 10.0 Å². The molecule has 9 heteroatoms. The lowest BCUT2D eigenvalue weighted by atomic mass is 10.1. The second-order valence-electron chi connectivity index (χ2n) is 7.72. The highest BCUT2D eigenvalue weighted by Crippen LogP contribution is 2.36. The molecule has 164 valence electrons. The van der Waals surface area contributed by atoms with Gasteiger partial charge in [-0.1, -0.05) is 28.1 Å². The van der Waals surface area contributed by atoms with E-state index in [-0.39, 0.29) is 18.2 Å². The number of aromatic nitrogens is 2. The van der Waals surface area contributed by atoms with E-state index in [1.165, 1.54) is 0 Å². The number of anilines is 2. The molecule has 3 aromatic rings. The van der Waals surface area contributed by atoms with Crippen molar-refractivity contribution in [3.05, 3.63) is 64.8 Å². The topological polar surface area (TPSA) is 85.7 Å². The fourth-order valence-corrected chi connectivity index (χ4v) is 4.15. The smallest absolute Gasteiger partial charge is 0.230 e. The average Bonchev–Trinajstić information content (AvgIpc) is 3.41. The van der Waals surface area contributed by atoms with Crippen LogP contribution in [-0.2, 0) is 16.1 Å². The molecule has 0 unspecified atom stereocenters. The Hall–Kier alpha value is -3.33. The first-order valence-corrected chi connectivity index (χ1v) is 11.1. The Morgan fingerprint density at radius 1 is 1.09 bits per heavy atom. The molecular formula is C23H21BrN4O4. The molecule has 2 aromatic carbocycles. The highest BCUT2D eigenvalue weighted by atomic mass is 79.9. The molecule has 2 aliphatic rings. The highest BCUT2D eigenvalue weighted by Gasteiger charge is 2.36. The zero-order valence-corrected chi connectivity index (χ0v) is 18.7. The van der Waals surface area contributed by atoms with Crippen LogP contribution >= 0.6 is 15.9 Å². The SMILES string of the molecule is O=C(Nc1ccnn1Cc1ccc(Br)cc1)[C@H]1CC(=O)N(c2ccc3c(c2)OCCO3)C1. The normalized spacial score (nSPS) is 17.5. The molecular weight excluding hydrogens is 476 g/mol. The number of fused-ring (bicyclic) bond motifs is 1. The Kier molecular flexibility index (Phi) is 5.57. The van der Waals surface area contributed by atoms with Crippen molar-refractivity contribution in [2.24, 2.45) is 5.92 Å². The lowest BCUT2D eigenvalue weighted by Crippen LogP contribution is -2.29. The molecule has 0 radical (unpaired) electrons. The molecule has 1 fully saturated rings. The van der Waals surface area contributed by atoms with E-state index in [0.29, 0.717) is 49.3 Å². The summed E-state index contributed by atoms with van der Waals surface area (Å²) in [5.41, 5.74) is 1.77. The molecule has 0 bridgehead atoms. The van der Waals surface area contributed by atoms with E-state index in [9.17, 15) is 9.59 Å². The minimum atomic E-state index is -0.452. The number of benzene rings is 2. The number of carbonyl (C=O) groups excluding carboxylic acids is 2. The Labute approximate surface area is 193 Å². The molecule has 0 aliphatic carbocycles. The number of ether oxygens (including phenoxy) is 2. The highest BCUT2D eigenvalue weighted by molar-refractivity contribution is 9.10. The number of rotatable bonds is 5. The summed E-state index contributed by atoms with van der Waals surface area (Å²) in [6, 6.07) is 15.1. The van der Waals surface area contributed by atoms with Gasteiger partial charge in [0.15, 0.2) is 11.5 Å². The first-order chi connectivity index (χ1) is 15.6. The number of carbonyl (C=O) groups is 2. The Morgan fingerprint density at radius 3 is 2.69 bits per heavy atom. The summed E-state index contributed by atoms with van der Waals surface area (Å²) in [6.07, 6.45) is 1.80. The van der Waals surface area contributed by atoms with Gasteiger partial charge in [0.2, 0.25) is 11.8 Å². The lowest BCUT2D eigenvalue weighted by Gasteiger charge is -2.22. The molecule has 1 saturated heterocycles. The van der Waals surface area contributed by atoms with Gasteiger partial charge in [0, 0.05) is 35.3 Å². The number of amides is 2. The van der Waals surface area contributed by atoms with Crippen LogP contribution in [0.5, 0.6) is 11.5 Å². The van der Waals surface area contributed by atoms with Crippen LogP contribution in [0.1, 0.15) is 12.0 Å². The number of hydrogen-bond acceptors (Lipinski definition) is 5. The quantitative estimate of drug-likeness (QED) is 0.584. The van der Waals surface area contributed by atoms with Gasteiger partial charge in [0.05, 0.1) is 18.7 Å². The van der Waals surface area contributed by atoms with Crippen molar-refractivity contribution in [2.45, 2.75) is 13.0 Å². The van der Waals surface area contributed by atoms with E-state index < -0.39 is 5.92 Å². The summed E-state index contributed by atoms with van der Waals surface area (Å²) in [7, 11) is 0. The first-order valence-electron chi connectivity index (χ1n) is 10.3. The Balaban J connectivity index is 1.26. The first kappa shape index (κ1) is 20.6. The van der Waals surface area contributed by atoms with Crippen molar-refractivity contribution in [1.82, 2.24) is 9.78 Å². The summed E-state index contributed by atoms with van der Waals surface area (Å²) >= 11 is 3.43. The number of nitrogens with one attached hydrogen (secondary N) is 1. The second-order valence-corrected chi connectivity index (χ2v) is 8.64. The molecule has 8 nitrogen and oxygen atoms in total. The summed E-state index contributed by atoms with van der Waals surface area (Å²) in [4.78, 5) is 27.2. The zero-order valence-electron chi connectivity index (χ0n) is 17.2. The molecule has 32 heavy (non-hydrogen) atoms. The Bertz CT molecular complexity index is 1160. The second kappa shape index (κ2) is 8.66. The van der Waals surface area contributed by atoms with Gasteiger partial charge in [-0.3, -0.25) is 9.59 Å². The predicted molar refractivity (Wildman–Crippen MR) is 122 cm³/mol. The van der Waals surface area contributed by atoms with Crippen LogP contribution < -0.4 is 19.7 Å². The molecule has 1 atom stereocenters. The molecule has 0 spiro atoms. The minimum absolute atomic E-state index is 0.0924. The van der Waals surface area contributed by atoms with Crippen molar-refractivity contribution >= 4 is 39.2 Å².